The van der Waals surface area contributed by atoms with Crippen molar-refractivity contribution in [3.05, 3.63) is 96.1 Å². The molecular formula is C25H28N4O2. The molecule has 0 saturated heterocycles. The van der Waals surface area contributed by atoms with Crippen LogP contribution >= 0.6 is 0 Å². The molecule has 6 heteroatoms. The molecule has 31 heavy (non-hydrogen) atoms. The Hall–Kier alpha value is -3.80. The van der Waals surface area contributed by atoms with Gasteiger partial charge in [-0.15, -0.1) is 0 Å². The molecule has 0 radical (unpaired) electrons. The topological polar surface area (TPSA) is 85.8 Å². The van der Waals surface area contributed by atoms with E-state index in [1.165, 1.54) is 23.3 Å². The van der Waals surface area contributed by atoms with Gasteiger partial charge in [-0.1, -0.05) is 60.7 Å². The molecule has 3 aromatic carbocycles. The summed E-state index contributed by atoms with van der Waals surface area (Å²) in [6, 6.07) is 27.0. The van der Waals surface area contributed by atoms with Crippen LogP contribution in [0.3, 0.4) is 0 Å². The van der Waals surface area contributed by atoms with Crippen molar-refractivity contribution in [1.29, 1.82) is 0 Å². The maximum absolute atomic E-state index is 12.3. The number of benzene rings is 3. The van der Waals surface area contributed by atoms with Gasteiger partial charge in [-0.05, 0) is 42.3 Å². The van der Waals surface area contributed by atoms with Gasteiger partial charge in [0.05, 0.1) is 0 Å². The highest BCUT2D eigenvalue weighted by Crippen LogP contribution is 2.23. The fraction of sp³-hybridized carbons (Fsp3) is 0.200. The van der Waals surface area contributed by atoms with E-state index in [0.29, 0.717) is 24.7 Å². The summed E-state index contributed by atoms with van der Waals surface area (Å²) < 4.78 is 0. The molecule has 0 aromatic heterocycles. The van der Waals surface area contributed by atoms with Gasteiger partial charge >= 0.3 is 0 Å². The summed E-state index contributed by atoms with van der Waals surface area (Å²) in [4.78, 5) is 16.7. The Morgan fingerprint density at radius 3 is 2.00 bits per heavy atom. The number of carbonyl (C=O) groups excluding carboxylic acids is 1. The molecule has 0 aliphatic carbocycles. The van der Waals surface area contributed by atoms with Crippen LogP contribution in [0, 0.1) is 0 Å². The normalized spacial score (nSPS) is 11.2. The van der Waals surface area contributed by atoms with Crippen molar-refractivity contribution in [2.24, 2.45) is 4.99 Å². The SMILES string of the molecule is CCNC(=NCC(=O)Nc1ccc(O)cc1)NCC(c1ccccc1)c1ccccc1. The molecule has 0 aliphatic heterocycles. The van der Waals surface area contributed by atoms with E-state index in [4.69, 9.17) is 0 Å². The van der Waals surface area contributed by atoms with Crippen molar-refractivity contribution in [3.63, 3.8) is 0 Å². The van der Waals surface area contributed by atoms with Gasteiger partial charge < -0.3 is 21.1 Å². The van der Waals surface area contributed by atoms with E-state index in [0.717, 1.165) is 0 Å². The maximum Gasteiger partial charge on any atom is 0.246 e. The van der Waals surface area contributed by atoms with Crippen LogP contribution in [-0.4, -0.2) is 36.6 Å². The van der Waals surface area contributed by atoms with E-state index < -0.39 is 0 Å². The maximum atomic E-state index is 12.3. The number of guanidine groups is 1. The van der Waals surface area contributed by atoms with E-state index in [9.17, 15) is 9.90 Å². The summed E-state index contributed by atoms with van der Waals surface area (Å²) in [6.07, 6.45) is 0. The van der Waals surface area contributed by atoms with Gasteiger partial charge in [0.1, 0.15) is 12.3 Å². The summed E-state index contributed by atoms with van der Waals surface area (Å²) in [5, 5.41) is 18.7. The van der Waals surface area contributed by atoms with Gasteiger partial charge in [-0.25, -0.2) is 4.99 Å². The molecule has 4 N–H and O–H groups in total. The highest BCUT2D eigenvalue weighted by atomic mass is 16.3. The van der Waals surface area contributed by atoms with Crippen LogP contribution in [0.4, 0.5) is 5.69 Å². The van der Waals surface area contributed by atoms with Crippen LogP contribution in [0.2, 0.25) is 0 Å². The number of carbonyl (C=O) groups is 1. The van der Waals surface area contributed by atoms with Gasteiger partial charge in [-0.2, -0.15) is 0 Å². The molecule has 0 aliphatic rings. The number of hydrogen-bond acceptors (Lipinski definition) is 3. The number of phenolic OH excluding ortho intramolecular Hbond substituents is 1. The molecule has 0 spiro atoms. The number of rotatable bonds is 8. The third-order valence-electron chi connectivity index (χ3n) is 4.75. The van der Waals surface area contributed by atoms with Crippen molar-refractivity contribution in [2.75, 3.05) is 25.0 Å². The first-order valence-corrected chi connectivity index (χ1v) is 10.4. The lowest BCUT2D eigenvalue weighted by molar-refractivity contribution is -0.114. The molecule has 0 bridgehead atoms. The third-order valence-corrected chi connectivity index (χ3v) is 4.75. The Bertz CT molecular complexity index is 934. The quantitative estimate of drug-likeness (QED) is 0.256. The Morgan fingerprint density at radius 2 is 1.45 bits per heavy atom. The first-order chi connectivity index (χ1) is 15.2. The molecule has 160 valence electrons. The predicted molar refractivity (Wildman–Crippen MR) is 125 cm³/mol. The number of aromatic hydroxyl groups is 1. The van der Waals surface area contributed by atoms with Crippen LogP contribution in [-0.2, 0) is 4.79 Å². The Morgan fingerprint density at radius 1 is 0.871 bits per heavy atom. The Kier molecular flexibility index (Phi) is 8.05. The fourth-order valence-corrected chi connectivity index (χ4v) is 3.24. The lowest BCUT2D eigenvalue weighted by atomic mass is 9.91. The zero-order valence-electron chi connectivity index (χ0n) is 17.6. The standard InChI is InChI=1S/C25H28N4O2/c1-2-26-25(28-18-24(31)29-21-13-15-22(30)16-14-21)27-17-23(19-9-5-3-6-10-19)20-11-7-4-8-12-20/h3-16,23,30H,2,17-18H2,1H3,(H,29,31)(H2,26,27,28). The number of aliphatic imine (C=N–C) groups is 1. The van der Waals surface area contributed by atoms with Crippen LogP contribution in [0.5, 0.6) is 5.75 Å². The molecule has 0 saturated carbocycles. The minimum absolute atomic E-state index is 0.0163. The largest absolute Gasteiger partial charge is 0.508 e. The smallest absolute Gasteiger partial charge is 0.246 e. The van der Waals surface area contributed by atoms with Crippen LogP contribution < -0.4 is 16.0 Å². The highest BCUT2D eigenvalue weighted by molar-refractivity contribution is 5.94. The Labute approximate surface area is 183 Å². The molecular weight excluding hydrogens is 388 g/mol. The van der Waals surface area contributed by atoms with E-state index in [2.05, 4.69) is 45.2 Å². The average molecular weight is 417 g/mol. The number of anilines is 1. The lowest BCUT2D eigenvalue weighted by Gasteiger charge is -2.20. The molecule has 3 aromatic rings. The van der Waals surface area contributed by atoms with Crippen molar-refractivity contribution in [3.8, 4) is 5.75 Å². The van der Waals surface area contributed by atoms with Crippen molar-refractivity contribution < 1.29 is 9.90 Å². The number of nitrogens with one attached hydrogen (secondary N) is 3. The molecule has 0 heterocycles. The van der Waals surface area contributed by atoms with Crippen molar-refractivity contribution >= 4 is 17.6 Å². The number of phenols is 1. The first-order valence-electron chi connectivity index (χ1n) is 10.4. The van der Waals surface area contributed by atoms with E-state index in [1.807, 2.05) is 43.3 Å². The van der Waals surface area contributed by atoms with E-state index in [1.54, 1.807) is 12.1 Å². The van der Waals surface area contributed by atoms with Gasteiger partial charge in [0, 0.05) is 24.7 Å². The molecule has 0 unspecified atom stereocenters. The molecule has 3 rings (SSSR count). The summed E-state index contributed by atoms with van der Waals surface area (Å²) in [6.45, 7) is 3.29. The van der Waals surface area contributed by atoms with Crippen LogP contribution in [0.1, 0.15) is 24.0 Å². The minimum Gasteiger partial charge on any atom is -0.508 e. The zero-order chi connectivity index (χ0) is 21.9. The fourth-order valence-electron chi connectivity index (χ4n) is 3.24. The second kappa shape index (κ2) is 11.4. The second-order valence-corrected chi connectivity index (χ2v) is 7.05. The summed E-state index contributed by atoms with van der Waals surface area (Å²) >= 11 is 0. The summed E-state index contributed by atoms with van der Waals surface area (Å²) in [5.41, 5.74) is 3.04. The predicted octanol–water partition coefficient (Wildman–Crippen LogP) is 3.72. The molecule has 6 nitrogen and oxygen atoms in total. The van der Waals surface area contributed by atoms with E-state index in [-0.39, 0.29) is 24.1 Å². The monoisotopic (exact) mass is 416 g/mol. The van der Waals surface area contributed by atoms with Crippen molar-refractivity contribution in [1.82, 2.24) is 10.6 Å². The van der Waals surface area contributed by atoms with Gasteiger partial charge in [0.15, 0.2) is 5.96 Å². The second-order valence-electron chi connectivity index (χ2n) is 7.05. The summed E-state index contributed by atoms with van der Waals surface area (Å²) in [7, 11) is 0. The van der Waals surface area contributed by atoms with Crippen LogP contribution in [0.25, 0.3) is 0 Å². The average Bonchev–Trinajstić information content (AvgIpc) is 2.80. The van der Waals surface area contributed by atoms with Gasteiger partial charge in [-0.3, -0.25) is 4.79 Å². The summed E-state index contributed by atoms with van der Waals surface area (Å²) in [5.74, 6) is 0.656. The van der Waals surface area contributed by atoms with Gasteiger partial charge in [0.2, 0.25) is 5.91 Å². The number of nitrogens with zero attached hydrogens (tertiary/aromatic N) is 1. The molecule has 0 atom stereocenters. The first kappa shape index (κ1) is 21.9. The lowest BCUT2D eigenvalue weighted by Crippen LogP contribution is -2.40. The number of hydrogen-bond donors (Lipinski definition) is 4. The van der Waals surface area contributed by atoms with E-state index >= 15 is 0 Å². The Balaban J connectivity index is 1.66. The third kappa shape index (κ3) is 6.89. The number of amides is 1. The van der Waals surface area contributed by atoms with Crippen molar-refractivity contribution in [2.45, 2.75) is 12.8 Å². The highest BCUT2D eigenvalue weighted by Gasteiger charge is 2.14. The minimum atomic E-state index is -0.231. The molecule has 1 amide bonds. The van der Waals surface area contributed by atoms with Crippen LogP contribution in [0.15, 0.2) is 89.9 Å². The molecule has 0 fully saturated rings. The zero-order valence-corrected chi connectivity index (χ0v) is 17.6. The van der Waals surface area contributed by atoms with Gasteiger partial charge in [0.25, 0.3) is 0 Å².